The average Bonchev–Trinajstić information content (AvgIpc) is 2.78. The van der Waals surface area contributed by atoms with E-state index in [1.807, 2.05) is 13.0 Å². The quantitative estimate of drug-likeness (QED) is 0.385. The molecule has 0 atom stereocenters. The van der Waals surface area contributed by atoms with Crippen molar-refractivity contribution >= 4 is 28.4 Å². The zero-order valence-corrected chi connectivity index (χ0v) is 17.8. The van der Waals surface area contributed by atoms with Gasteiger partial charge in [0, 0.05) is 22.8 Å². The summed E-state index contributed by atoms with van der Waals surface area (Å²) in [6.07, 6.45) is -1.33. The molecule has 1 aromatic heterocycles. The Balaban J connectivity index is 1.72. The minimum atomic E-state index is -4.58. The first-order valence-electron chi connectivity index (χ1n) is 10.4. The molecule has 0 aliphatic heterocycles. The third kappa shape index (κ3) is 5.11. The van der Waals surface area contributed by atoms with Gasteiger partial charge in [-0.3, -0.25) is 4.79 Å². The Morgan fingerprint density at radius 1 is 1.03 bits per heavy atom. The predicted molar refractivity (Wildman–Crippen MR) is 123 cm³/mol. The summed E-state index contributed by atoms with van der Waals surface area (Å²) in [5.41, 5.74) is 7.59. The number of carbonyl (C=O) groups excluding carboxylic acids is 1. The number of nitrogens with two attached hydrogens (primary N) is 1. The molecule has 33 heavy (non-hydrogen) atoms. The summed E-state index contributed by atoms with van der Waals surface area (Å²) in [4.78, 5) is 20.8. The molecule has 0 aliphatic rings. The van der Waals surface area contributed by atoms with Crippen molar-refractivity contribution in [1.82, 2.24) is 9.97 Å². The number of nitrogen functional groups attached to an aromatic ring is 1. The van der Waals surface area contributed by atoms with Gasteiger partial charge in [-0.15, -0.1) is 0 Å². The molecule has 1 heterocycles. The van der Waals surface area contributed by atoms with Crippen molar-refractivity contribution in [2.24, 2.45) is 0 Å². The summed E-state index contributed by atoms with van der Waals surface area (Å²) in [6, 6.07) is 15.6. The van der Waals surface area contributed by atoms with E-state index in [-0.39, 0.29) is 11.6 Å². The molecule has 8 heteroatoms. The number of benzene rings is 3. The molecule has 3 aromatic carbocycles. The Labute approximate surface area is 188 Å². The average molecular weight is 450 g/mol. The second-order valence-corrected chi connectivity index (χ2v) is 7.70. The van der Waals surface area contributed by atoms with Gasteiger partial charge < -0.3 is 11.1 Å². The Kier molecular flexibility index (Phi) is 6.00. The third-order valence-corrected chi connectivity index (χ3v) is 5.18. The van der Waals surface area contributed by atoms with Crippen molar-refractivity contribution in [3.8, 4) is 11.1 Å². The number of aryl methyl sites for hydroxylation is 1. The van der Waals surface area contributed by atoms with Crippen LogP contribution in [0.2, 0.25) is 0 Å². The maximum Gasteiger partial charge on any atom is 0.416 e. The van der Waals surface area contributed by atoms with E-state index in [1.54, 1.807) is 36.4 Å². The lowest BCUT2D eigenvalue weighted by Crippen LogP contribution is -2.14. The van der Waals surface area contributed by atoms with E-state index < -0.39 is 17.6 Å². The summed E-state index contributed by atoms with van der Waals surface area (Å²) < 4.78 is 40.8. The first-order chi connectivity index (χ1) is 15.7. The Morgan fingerprint density at radius 3 is 2.61 bits per heavy atom. The number of nitrogens with zero attached hydrogens (tertiary/aromatic N) is 2. The smallest absolute Gasteiger partial charge is 0.368 e. The normalized spacial score (nSPS) is 11.5. The maximum absolute atomic E-state index is 13.6. The minimum Gasteiger partial charge on any atom is -0.368 e. The molecule has 0 radical (unpaired) electrons. The molecule has 168 valence electrons. The minimum absolute atomic E-state index is 0.0550. The lowest BCUT2D eigenvalue weighted by atomic mass is 10.00. The molecule has 3 N–H and O–H groups in total. The molecule has 0 aliphatic carbocycles. The van der Waals surface area contributed by atoms with Crippen molar-refractivity contribution in [2.75, 3.05) is 11.1 Å². The van der Waals surface area contributed by atoms with Crippen LogP contribution >= 0.6 is 0 Å². The summed E-state index contributed by atoms with van der Waals surface area (Å²) in [7, 11) is 0. The molecule has 5 nitrogen and oxygen atoms in total. The number of amides is 1. The van der Waals surface area contributed by atoms with Gasteiger partial charge in [0.2, 0.25) is 5.95 Å². The maximum atomic E-state index is 13.6. The third-order valence-electron chi connectivity index (χ3n) is 5.18. The van der Waals surface area contributed by atoms with Gasteiger partial charge in [0.25, 0.3) is 5.91 Å². The molecular formula is C25H21F3N4O. The number of alkyl halides is 3. The zero-order chi connectivity index (χ0) is 23.6. The molecular weight excluding hydrogens is 429 g/mol. The lowest BCUT2D eigenvalue weighted by Gasteiger charge is -2.14. The van der Waals surface area contributed by atoms with Crippen LogP contribution in [0.3, 0.4) is 0 Å². The Hall–Kier alpha value is -3.94. The molecule has 0 saturated carbocycles. The van der Waals surface area contributed by atoms with Crippen LogP contribution in [0.5, 0.6) is 0 Å². The van der Waals surface area contributed by atoms with E-state index in [2.05, 4.69) is 15.3 Å². The molecule has 0 saturated heterocycles. The number of fused-ring (bicyclic) bond motifs is 1. The van der Waals surface area contributed by atoms with E-state index in [4.69, 9.17) is 5.73 Å². The number of hydrogen-bond acceptors (Lipinski definition) is 4. The predicted octanol–water partition coefficient (Wildman–Crippen LogP) is 6.10. The highest BCUT2D eigenvalue weighted by molar-refractivity contribution is 6.04. The molecule has 1 amide bonds. The topological polar surface area (TPSA) is 80.9 Å². The summed E-state index contributed by atoms with van der Waals surface area (Å²) in [6.45, 7) is 2.03. The highest BCUT2D eigenvalue weighted by Crippen LogP contribution is 2.35. The highest BCUT2D eigenvalue weighted by Gasteiger charge is 2.31. The summed E-state index contributed by atoms with van der Waals surface area (Å²) in [5.74, 6) is -0.358. The fourth-order valence-corrected chi connectivity index (χ4v) is 3.62. The SMILES string of the molecule is CCCc1cccc(C(=O)Nc2cc(-c3ccc4nc(N)ncc4c3)cc(C(F)(F)F)c2)c1. The Bertz CT molecular complexity index is 1340. The van der Waals surface area contributed by atoms with Crippen molar-refractivity contribution in [1.29, 1.82) is 0 Å². The molecule has 0 fully saturated rings. The van der Waals surface area contributed by atoms with Gasteiger partial charge >= 0.3 is 6.18 Å². The van der Waals surface area contributed by atoms with Crippen LogP contribution in [0, 0.1) is 0 Å². The van der Waals surface area contributed by atoms with E-state index >= 15 is 0 Å². The van der Waals surface area contributed by atoms with E-state index in [0.717, 1.165) is 30.5 Å². The number of anilines is 2. The Morgan fingerprint density at radius 2 is 1.85 bits per heavy atom. The lowest BCUT2D eigenvalue weighted by molar-refractivity contribution is -0.137. The largest absolute Gasteiger partial charge is 0.416 e. The second kappa shape index (κ2) is 8.90. The van der Waals surface area contributed by atoms with Gasteiger partial charge in [0.1, 0.15) is 0 Å². The van der Waals surface area contributed by atoms with Gasteiger partial charge in [-0.1, -0.05) is 31.5 Å². The standard InChI is InChI=1S/C25H21F3N4O/c1-2-4-15-5-3-6-17(9-15)23(33)31-21-12-18(11-20(13-21)25(26,27)28)16-7-8-22-19(10-16)14-30-24(29)32-22/h3,5-14H,2,4H2,1H3,(H,31,33)(H2,29,30,32). The van der Waals surface area contributed by atoms with Crippen LogP contribution < -0.4 is 11.1 Å². The zero-order valence-electron chi connectivity index (χ0n) is 17.8. The van der Waals surface area contributed by atoms with Crippen molar-refractivity contribution in [3.05, 3.63) is 83.6 Å². The van der Waals surface area contributed by atoms with Crippen molar-refractivity contribution < 1.29 is 18.0 Å². The van der Waals surface area contributed by atoms with Gasteiger partial charge in [-0.2, -0.15) is 13.2 Å². The molecule has 4 rings (SSSR count). The number of hydrogen-bond donors (Lipinski definition) is 2. The van der Waals surface area contributed by atoms with Gasteiger partial charge in [0.15, 0.2) is 0 Å². The number of aromatic nitrogens is 2. The van der Waals surface area contributed by atoms with E-state index in [0.29, 0.717) is 27.6 Å². The van der Waals surface area contributed by atoms with Crippen LogP contribution in [0.25, 0.3) is 22.0 Å². The fourth-order valence-electron chi connectivity index (χ4n) is 3.62. The first-order valence-corrected chi connectivity index (χ1v) is 10.4. The van der Waals surface area contributed by atoms with Gasteiger partial charge in [-0.25, -0.2) is 9.97 Å². The second-order valence-electron chi connectivity index (χ2n) is 7.70. The van der Waals surface area contributed by atoms with Crippen LogP contribution in [0.1, 0.15) is 34.8 Å². The number of halogens is 3. The van der Waals surface area contributed by atoms with Crippen LogP contribution in [0.4, 0.5) is 24.8 Å². The number of nitrogens with one attached hydrogen (secondary N) is 1. The van der Waals surface area contributed by atoms with Crippen LogP contribution in [-0.2, 0) is 12.6 Å². The molecule has 0 bridgehead atoms. The van der Waals surface area contributed by atoms with Gasteiger partial charge in [0.05, 0.1) is 11.1 Å². The number of rotatable bonds is 5. The summed E-state index contributed by atoms with van der Waals surface area (Å²) in [5, 5.41) is 3.25. The van der Waals surface area contributed by atoms with E-state index in [9.17, 15) is 18.0 Å². The van der Waals surface area contributed by atoms with E-state index in [1.165, 1.54) is 12.3 Å². The molecule has 0 unspecified atom stereocenters. The number of carbonyl (C=O) groups is 1. The fraction of sp³-hybridized carbons (Fsp3) is 0.160. The molecule has 4 aromatic rings. The monoisotopic (exact) mass is 450 g/mol. The van der Waals surface area contributed by atoms with Gasteiger partial charge in [-0.05, 0) is 65.6 Å². The van der Waals surface area contributed by atoms with Crippen LogP contribution in [-0.4, -0.2) is 15.9 Å². The highest BCUT2D eigenvalue weighted by atomic mass is 19.4. The summed E-state index contributed by atoms with van der Waals surface area (Å²) >= 11 is 0. The van der Waals surface area contributed by atoms with Crippen molar-refractivity contribution in [3.63, 3.8) is 0 Å². The molecule has 0 spiro atoms. The first kappa shape index (κ1) is 22.3. The van der Waals surface area contributed by atoms with Crippen molar-refractivity contribution in [2.45, 2.75) is 25.9 Å². The van der Waals surface area contributed by atoms with Crippen LogP contribution in [0.15, 0.2) is 66.9 Å².